The highest BCUT2D eigenvalue weighted by Gasteiger charge is 2.00. The molecule has 0 aliphatic carbocycles. The zero-order valence-electron chi connectivity index (χ0n) is 17.5. The smallest absolute Gasteiger partial charge is 0.332 e. The number of ether oxygens (including phenoxy) is 1. The Morgan fingerprint density at radius 2 is 1.55 bits per heavy atom. The lowest BCUT2D eigenvalue weighted by Gasteiger charge is -1.95. The molecule has 0 fully saturated rings. The van der Waals surface area contributed by atoms with Crippen LogP contribution in [-0.4, -0.2) is 35.2 Å². The Morgan fingerprint density at radius 3 is 1.76 bits per heavy atom. The minimum absolute atomic E-state index is 0.317. The number of unbranched alkanes of at least 4 members (excludes halogenated alkanes) is 1. The third-order valence-electron chi connectivity index (χ3n) is 2.88. The number of carbonyl (C=O) groups is 3. The quantitative estimate of drug-likeness (QED) is 0.482. The normalized spacial score (nSPS) is 8.10. The van der Waals surface area contributed by atoms with Crippen LogP contribution >= 0.6 is 0 Å². The van der Waals surface area contributed by atoms with Crippen LogP contribution in [0.5, 0.6) is 0 Å². The number of hydrogen-bond donors (Lipinski definition) is 2. The molecule has 160 valence electrons. The Kier molecular flexibility index (Phi) is 21.8. The van der Waals surface area contributed by atoms with Gasteiger partial charge in [-0.25, -0.2) is 14.4 Å². The molecule has 0 atom stereocenters. The average Bonchev–Trinajstić information content (AvgIpc) is 2.72. The second-order valence-electron chi connectivity index (χ2n) is 5.44. The molecule has 0 amide bonds. The maximum Gasteiger partial charge on any atom is 0.332 e. The first-order valence-electron chi connectivity index (χ1n) is 8.74. The summed E-state index contributed by atoms with van der Waals surface area (Å²) in [4.78, 5) is 29.5. The van der Waals surface area contributed by atoms with Gasteiger partial charge >= 0.3 is 17.9 Å². The summed E-state index contributed by atoms with van der Waals surface area (Å²) < 4.78 is 4.27. The van der Waals surface area contributed by atoms with Crippen LogP contribution in [0.4, 0.5) is 0 Å². The number of carboxylic acid groups (broad SMARTS) is 2. The van der Waals surface area contributed by atoms with Gasteiger partial charge in [-0.05, 0) is 25.3 Å². The lowest BCUT2D eigenvalue weighted by molar-refractivity contribution is -0.136. The number of aliphatic carboxylic acids is 2. The Labute approximate surface area is 173 Å². The second-order valence-corrected chi connectivity index (χ2v) is 5.44. The van der Waals surface area contributed by atoms with Gasteiger partial charge in [0.2, 0.25) is 0 Å². The molecule has 0 bridgehead atoms. The number of carbonyl (C=O) groups excluding carboxylic acids is 1. The lowest BCUT2D eigenvalue weighted by Crippen LogP contribution is -1.98. The topological polar surface area (TPSA) is 101 Å². The van der Waals surface area contributed by atoms with Crippen molar-refractivity contribution < 1.29 is 29.3 Å². The molecular weight excluding hydrogens is 372 g/mol. The fraction of sp³-hybridized carbons (Fsp3) is 0.261. The van der Waals surface area contributed by atoms with Crippen molar-refractivity contribution >= 4 is 24.0 Å². The van der Waals surface area contributed by atoms with E-state index in [1.807, 2.05) is 43.3 Å². The van der Waals surface area contributed by atoms with Gasteiger partial charge in [0.1, 0.15) is 0 Å². The van der Waals surface area contributed by atoms with Crippen LogP contribution in [0.15, 0.2) is 73.9 Å². The van der Waals surface area contributed by atoms with Crippen molar-refractivity contribution in [3.05, 3.63) is 79.4 Å². The number of esters is 1. The molecule has 1 aromatic rings. The highest BCUT2D eigenvalue weighted by molar-refractivity contribution is 5.86. The molecule has 0 heterocycles. The molecule has 0 saturated heterocycles. The second kappa shape index (κ2) is 20.9. The van der Waals surface area contributed by atoms with E-state index in [0.29, 0.717) is 17.6 Å². The van der Waals surface area contributed by atoms with E-state index in [0.717, 1.165) is 18.9 Å². The molecule has 2 N–H and O–H groups in total. The number of hydrogen-bond acceptors (Lipinski definition) is 4. The first kappa shape index (κ1) is 30.3. The fourth-order valence-electron chi connectivity index (χ4n) is 1.26. The van der Waals surface area contributed by atoms with Crippen LogP contribution in [0.1, 0.15) is 38.7 Å². The molecule has 0 aliphatic heterocycles. The van der Waals surface area contributed by atoms with Gasteiger partial charge in [0.05, 0.1) is 7.11 Å². The van der Waals surface area contributed by atoms with Gasteiger partial charge in [-0.3, -0.25) is 0 Å². The van der Waals surface area contributed by atoms with Gasteiger partial charge < -0.3 is 14.9 Å². The summed E-state index contributed by atoms with van der Waals surface area (Å²) in [5.41, 5.74) is 1.92. The predicted molar refractivity (Wildman–Crippen MR) is 117 cm³/mol. The van der Waals surface area contributed by atoms with Gasteiger partial charge in [-0.1, -0.05) is 76.1 Å². The summed E-state index contributed by atoms with van der Waals surface area (Å²) >= 11 is 0. The van der Waals surface area contributed by atoms with Crippen LogP contribution in [-0.2, 0) is 19.1 Å². The molecule has 1 rings (SSSR count). The summed E-state index contributed by atoms with van der Waals surface area (Å²) in [6.07, 6.45) is 5.23. The van der Waals surface area contributed by atoms with E-state index in [-0.39, 0.29) is 5.97 Å². The molecule has 0 unspecified atom stereocenters. The van der Waals surface area contributed by atoms with Crippen molar-refractivity contribution in [1.82, 2.24) is 0 Å². The van der Waals surface area contributed by atoms with Gasteiger partial charge in [-0.15, -0.1) is 0 Å². The number of benzene rings is 1. The summed E-state index contributed by atoms with van der Waals surface area (Å²) in [5, 5.41) is 15.9. The van der Waals surface area contributed by atoms with Gasteiger partial charge in [0, 0.05) is 17.2 Å². The van der Waals surface area contributed by atoms with Crippen molar-refractivity contribution in [2.75, 3.05) is 7.11 Å². The van der Waals surface area contributed by atoms with Gasteiger partial charge in [-0.2, -0.15) is 0 Å². The van der Waals surface area contributed by atoms with E-state index in [4.69, 9.17) is 10.2 Å². The van der Waals surface area contributed by atoms with Crippen LogP contribution in [0.25, 0.3) is 6.08 Å². The van der Waals surface area contributed by atoms with Crippen molar-refractivity contribution in [2.24, 2.45) is 0 Å². The summed E-state index contributed by atoms with van der Waals surface area (Å²) in [6.45, 7) is 17.0. The number of carboxylic acids is 2. The highest BCUT2D eigenvalue weighted by atomic mass is 16.5. The predicted octanol–water partition coefficient (Wildman–Crippen LogP) is 5.14. The standard InChI is InChI=1S/C8H8.C7H12O2.C5H8O2.C3H4O2/c1-2-8-6-4-3-5-7-8;1-3-4-5-6(2)7(8)9;1-4(2)5(6)7-3;1-2-3(4)5/h2-7H,1H2;2-5H2,1H3,(H,8,9);1H2,2-3H3;2H,1H2,(H,4,5). The zero-order chi connectivity index (χ0) is 23.2. The first-order valence-corrected chi connectivity index (χ1v) is 8.74. The molecule has 0 radical (unpaired) electrons. The molecule has 0 spiro atoms. The molecule has 0 saturated carbocycles. The number of rotatable bonds is 7. The largest absolute Gasteiger partial charge is 0.478 e. The zero-order valence-corrected chi connectivity index (χ0v) is 17.5. The molecule has 6 heteroatoms. The Morgan fingerprint density at radius 1 is 1.07 bits per heavy atom. The molecule has 6 nitrogen and oxygen atoms in total. The SMILES string of the molecule is C=C(C)C(=O)OC.C=C(CCCC)C(=O)O.C=CC(=O)O.C=Cc1ccccc1. The van der Waals surface area contributed by atoms with Crippen LogP contribution in [0, 0.1) is 0 Å². The minimum atomic E-state index is -0.981. The Balaban J connectivity index is -0.000000317. The third-order valence-corrected chi connectivity index (χ3v) is 2.88. The Hall–Kier alpha value is -3.41. The maximum atomic E-state index is 10.2. The maximum absolute atomic E-state index is 10.2. The van der Waals surface area contributed by atoms with Gasteiger partial charge in [0.15, 0.2) is 0 Å². The van der Waals surface area contributed by atoms with E-state index in [9.17, 15) is 14.4 Å². The van der Waals surface area contributed by atoms with Crippen molar-refractivity contribution in [3.8, 4) is 0 Å². The van der Waals surface area contributed by atoms with Crippen LogP contribution < -0.4 is 0 Å². The molecular formula is C23H32O6. The van der Waals surface area contributed by atoms with Gasteiger partial charge in [0.25, 0.3) is 0 Å². The van der Waals surface area contributed by atoms with Crippen molar-refractivity contribution in [2.45, 2.75) is 33.1 Å². The van der Waals surface area contributed by atoms with Crippen molar-refractivity contribution in [1.29, 1.82) is 0 Å². The van der Waals surface area contributed by atoms with E-state index in [1.54, 1.807) is 6.92 Å². The summed E-state index contributed by atoms with van der Waals surface area (Å²) in [7, 11) is 1.33. The Bertz CT molecular complexity index is 659. The van der Waals surface area contributed by atoms with Crippen molar-refractivity contribution in [3.63, 3.8) is 0 Å². The lowest BCUT2D eigenvalue weighted by atomic mass is 10.1. The third kappa shape index (κ3) is 24.6. The van der Waals surface area contributed by atoms with Crippen LogP contribution in [0.3, 0.4) is 0 Å². The molecule has 0 aliphatic rings. The minimum Gasteiger partial charge on any atom is -0.478 e. The van der Waals surface area contributed by atoms with E-state index >= 15 is 0 Å². The fourth-order valence-corrected chi connectivity index (χ4v) is 1.26. The summed E-state index contributed by atoms with van der Waals surface area (Å²) in [6, 6.07) is 10.0. The summed E-state index contributed by atoms with van der Waals surface area (Å²) in [5.74, 6) is -2.20. The average molecular weight is 405 g/mol. The van der Waals surface area contributed by atoms with E-state index in [1.165, 1.54) is 12.7 Å². The molecule has 29 heavy (non-hydrogen) atoms. The first-order chi connectivity index (χ1) is 13.6. The monoisotopic (exact) mass is 404 g/mol. The highest BCUT2D eigenvalue weighted by Crippen LogP contribution is 2.03. The van der Waals surface area contributed by atoms with E-state index < -0.39 is 11.9 Å². The molecule has 0 aromatic heterocycles. The van der Waals surface area contributed by atoms with Crippen LogP contribution in [0.2, 0.25) is 0 Å². The van der Waals surface area contributed by atoms with E-state index in [2.05, 4.69) is 31.1 Å². The number of methoxy groups -OCH3 is 1. The molecule has 1 aromatic carbocycles.